The van der Waals surface area contributed by atoms with Crippen LogP contribution in [-0.4, -0.2) is 12.6 Å². The summed E-state index contributed by atoms with van der Waals surface area (Å²) in [5, 5.41) is 2.76. The third-order valence-electron chi connectivity index (χ3n) is 2.50. The van der Waals surface area contributed by atoms with Gasteiger partial charge >= 0.3 is 0 Å². The van der Waals surface area contributed by atoms with E-state index in [4.69, 9.17) is 0 Å². The maximum absolute atomic E-state index is 12.1. The molecule has 2 rings (SSSR count). The molecule has 0 spiro atoms. The maximum atomic E-state index is 12.1. The molecule has 74 valence electrons. The fraction of sp³-hybridized carbons (Fsp3) is 0.364. The zero-order valence-electron chi connectivity index (χ0n) is 7.74. The van der Waals surface area contributed by atoms with Gasteiger partial charge in [0.1, 0.15) is 0 Å². The monoisotopic (exact) mass is 193 g/mol. The minimum Gasteiger partial charge on any atom is -0.326 e. The van der Waals surface area contributed by atoms with Gasteiger partial charge in [-0.2, -0.15) is 0 Å². The van der Waals surface area contributed by atoms with Crippen molar-refractivity contribution in [3.05, 3.63) is 30.3 Å². The van der Waals surface area contributed by atoms with Crippen LogP contribution in [0.3, 0.4) is 0 Å². The number of benzene rings is 1. The number of hydrogen-bond acceptors (Lipinski definition) is 1. The largest absolute Gasteiger partial charge is 0.326 e. The van der Waals surface area contributed by atoms with Crippen molar-refractivity contribution in [1.29, 1.82) is 0 Å². The number of carbonyl (C=O) groups excluding carboxylic acids is 1. The lowest BCUT2D eigenvalue weighted by Gasteiger charge is -2.03. The van der Waals surface area contributed by atoms with Gasteiger partial charge in [-0.1, -0.05) is 18.2 Å². The average Bonchev–Trinajstić information content (AvgIpc) is 2.98. The highest BCUT2D eigenvalue weighted by Gasteiger charge is 2.42. The van der Waals surface area contributed by atoms with Crippen LogP contribution in [0.15, 0.2) is 30.3 Å². The summed E-state index contributed by atoms with van der Waals surface area (Å²) in [6, 6.07) is 9.25. The number of anilines is 1. The Balaban J connectivity index is 1.90. The van der Waals surface area contributed by atoms with Crippen molar-refractivity contribution in [2.24, 2.45) is 11.8 Å². The molecular formula is C11H12FNO. The molecule has 2 nitrogen and oxygen atoms in total. The summed E-state index contributed by atoms with van der Waals surface area (Å²) in [4.78, 5) is 11.5. The molecule has 1 saturated carbocycles. The average molecular weight is 193 g/mol. The first-order valence-corrected chi connectivity index (χ1v) is 4.73. The van der Waals surface area contributed by atoms with E-state index >= 15 is 0 Å². The molecule has 1 aromatic carbocycles. The zero-order chi connectivity index (χ0) is 9.97. The number of rotatable bonds is 3. The van der Waals surface area contributed by atoms with Crippen molar-refractivity contribution in [2.75, 3.05) is 12.0 Å². The van der Waals surface area contributed by atoms with Gasteiger partial charge in [0.05, 0.1) is 6.67 Å². The van der Waals surface area contributed by atoms with Gasteiger partial charge in [0.25, 0.3) is 0 Å². The topological polar surface area (TPSA) is 29.1 Å². The predicted octanol–water partition coefficient (Wildman–Crippen LogP) is 2.23. The van der Waals surface area contributed by atoms with E-state index in [0.717, 1.165) is 5.69 Å². The fourth-order valence-electron chi connectivity index (χ4n) is 1.50. The normalized spacial score (nSPS) is 24.4. The van der Waals surface area contributed by atoms with Gasteiger partial charge in [0.15, 0.2) is 0 Å². The van der Waals surface area contributed by atoms with Gasteiger partial charge in [-0.3, -0.25) is 9.18 Å². The molecule has 0 saturated heterocycles. The van der Waals surface area contributed by atoms with Gasteiger partial charge in [0, 0.05) is 11.6 Å². The number of amides is 1. The number of alkyl halides is 1. The fourth-order valence-corrected chi connectivity index (χ4v) is 1.50. The Morgan fingerprint density at radius 3 is 2.71 bits per heavy atom. The van der Waals surface area contributed by atoms with E-state index in [1.807, 2.05) is 30.3 Å². The summed E-state index contributed by atoms with van der Waals surface area (Å²) in [5.74, 6) is -0.210. The Labute approximate surface area is 82.1 Å². The van der Waals surface area contributed by atoms with Gasteiger partial charge in [-0.15, -0.1) is 0 Å². The Hall–Kier alpha value is -1.38. The number of para-hydroxylation sites is 1. The van der Waals surface area contributed by atoms with Crippen molar-refractivity contribution in [2.45, 2.75) is 6.42 Å². The smallest absolute Gasteiger partial charge is 0.227 e. The van der Waals surface area contributed by atoms with Crippen LogP contribution < -0.4 is 5.32 Å². The van der Waals surface area contributed by atoms with E-state index in [9.17, 15) is 9.18 Å². The highest BCUT2D eigenvalue weighted by molar-refractivity contribution is 5.94. The lowest BCUT2D eigenvalue weighted by Crippen LogP contribution is -2.14. The van der Waals surface area contributed by atoms with Crippen molar-refractivity contribution >= 4 is 11.6 Å². The summed E-state index contributed by atoms with van der Waals surface area (Å²) in [7, 11) is 0. The Bertz CT molecular complexity index is 325. The first-order chi connectivity index (χ1) is 6.81. The summed E-state index contributed by atoms with van der Waals surface area (Å²) in [5.41, 5.74) is 0.780. The minimum atomic E-state index is -0.382. The van der Waals surface area contributed by atoms with E-state index in [1.165, 1.54) is 0 Å². The lowest BCUT2D eigenvalue weighted by molar-refractivity contribution is -0.117. The Morgan fingerprint density at radius 1 is 1.43 bits per heavy atom. The molecule has 1 N–H and O–H groups in total. The van der Waals surface area contributed by atoms with Crippen LogP contribution in [0.4, 0.5) is 10.1 Å². The third kappa shape index (κ3) is 1.92. The van der Waals surface area contributed by atoms with E-state index in [2.05, 4.69) is 5.32 Å². The summed E-state index contributed by atoms with van der Waals surface area (Å²) < 4.78 is 12.1. The van der Waals surface area contributed by atoms with Gasteiger partial charge in [-0.25, -0.2) is 0 Å². The molecule has 0 aromatic heterocycles. The van der Waals surface area contributed by atoms with E-state index in [-0.39, 0.29) is 24.4 Å². The number of halogens is 1. The van der Waals surface area contributed by atoms with Gasteiger partial charge < -0.3 is 5.32 Å². The Kier molecular flexibility index (Phi) is 2.48. The molecule has 0 aliphatic heterocycles. The molecular weight excluding hydrogens is 181 g/mol. The first-order valence-electron chi connectivity index (χ1n) is 4.73. The molecule has 1 aromatic rings. The summed E-state index contributed by atoms with van der Waals surface area (Å²) in [6.45, 7) is -0.382. The number of nitrogens with one attached hydrogen (secondary N) is 1. The van der Waals surface area contributed by atoms with Crippen LogP contribution in [-0.2, 0) is 4.79 Å². The van der Waals surface area contributed by atoms with Crippen LogP contribution in [0.5, 0.6) is 0 Å². The summed E-state index contributed by atoms with van der Waals surface area (Å²) in [6.07, 6.45) is 0.690. The van der Waals surface area contributed by atoms with Crippen LogP contribution in [0.25, 0.3) is 0 Å². The summed E-state index contributed by atoms with van der Waals surface area (Å²) >= 11 is 0. The molecule has 1 fully saturated rings. The molecule has 0 unspecified atom stereocenters. The van der Waals surface area contributed by atoms with Gasteiger partial charge in [-0.05, 0) is 24.5 Å². The molecule has 14 heavy (non-hydrogen) atoms. The first kappa shape index (κ1) is 9.19. The van der Waals surface area contributed by atoms with Crippen molar-refractivity contribution in [3.63, 3.8) is 0 Å². The highest BCUT2D eigenvalue weighted by Crippen LogP contribution is 2.39. The minimum absolute atomic E-state index is 0.0429. The molecule has 3 heteroatoms. The number of carbonyl (C=O) groups is 1. The molecule has 0 bridgehead atoms. The van der Waals surface area contributed by atoms with E-state index < -0.39 is 0 Å². The van der Waals surface area contributed by atoms with Crippen molar-refractivity contribution in [1.82, 2.24) is 0 Å². The molecule has 1 aliphatic carbocycles. The second-order valence-corrected chi connectivity index (χ2v) is 3.61. The van der Waals surface area contributed by atoms with Crippen LogP contribution in [0.1, 0.15) is 6.42 Å². The maximum Gasteiger partial charge on any atom is 0.227 e. The SMILES string of the molecule is O=C(Nc1ccccc1)[C@H]1C[C@H]1CF. The zero-order valence-corrected chi connectivity index (χ0v) is 7.74. The van der Waals surface area contributed by atoms with Crippen molar-refractivity contribution < 1.29 is 9.18 Å². The second kappa shape index (κ2) is 3.78. The number of hydrogen-bond donors (Lipinski definition) is 1. The lowest BCUT2D eigenvalue weighted by atomic mass is 10.3. The quantitative estimate of drug-likeness (QED) is 0.783. The highest BCUT2D eigenvalue weighted by atomic mass is 19.1. The molecule has 2 atom stereocenters. The third-order valence-corrected chi connectivity index (χ3v) is 2.50. The van der Waals surface area contributed by atoms with E-state index in [0.29, 0.717) is 6.42 Å². The van der Waals surface area contributed by atoms with Crippen LogP contribution in [0.2, 0.25) is 0 Å². The molecule has 0 heterocycles. The Morgan fingerprint density at radius 2 is 2.14 bits per heavy atom. The predicted molar refractivity (Wildman–Crippen MR) is 52.6 cm³/mol. The molecule has 1 aliphatic rings. The molecule has 1 amide bonds. The second-order valence-electron chi connectivity index (χ2n) is 3.61. The standard InChI is InChI=1S/C11H12FNO/c12-7-8-6-10(8)11(14)13-9-4-2-1-3-5-9/h1-5,8,10H,6-7H2,(H,13,14)/t8-,10-/m0/s1. The molecule has 0 radical (unpaired) electrons. The van der Waals surface area contributed by atoms with Crippen molar-refractivity contribution in [3.8, 4) is 0 Å². The van der Waals surface area contributed by atoms with Gasteiger partial charge in [0.2, 0.25) is 5.91 Å². The van der Waals surface area contributed by atoms with Crippen LogP contribution in [0, 0.1) is 11.8 Å². The van der Waals surface area contributed by atoms with Crippen LogP contribution >= 0.6 is 0 Å². The van der Waals surface area contributed by atoms with E-state index in [1.54, 1.807) is 0 Å².